The van der Waals surface area contributed by atoms with Crippen LogP contribution in [0.15, 0.2) is 12.3 Å². The molecular weight excluding hydrogens is 204 g/mol. The highest BCUT2D eigenvalue weighted by molar-refractivity contribution is 5.75. The lowest BCUT2D eigenvalue weighted by Gasteiger charge is -1.99. The first-order valence-corrected chi connectivity index (χ1v) is 4.19. The van der Waals surface area contributed by atoms with Gasteiger partial charge in [-0.2, -0.15) is 4.68 Å². The van der Waals surface area contributed by atoms with Crippen LogP contribution in [0.2, 0.25) is 0 Å². The van der Waals surface area contributed by atoms with E-state index in [0.29, 0.717) is 0 Å². The molecule has 0 aliphatic heterocycles. The van der Waals surface area contributed by atoms with Crippen molar-refractivity contribution < 1.29 is 14.8 Å². The highest BCUT2D eigenvalue weighted by atomic mass is 16.6. The summed E-state index contributed by atoms with van der Waals surface area (Å²) in [6, 6.07) is 1.21. The Morgan fingerprint density at radius 3 is 3.00 bits per heavy atom. The number of amides is 1. The van der Waals surface area contributed by atoms with Crippen LogP contribution in [0, 0.1) is 10.1 Å². The highest BCUT2D eigenvalue weighted by Gasteiger charge is 2.12. The molecule has 0 aromatic carbocycles. The van der Waals surface area contributed by atoms with E-state index in [1.165, 1.54) is 12.3 Å². The molecule has 0 aliphatic carbocycles. The second-order valence-corrected chi connectivity index (χ2v) is 2.70. The number of nitrogens with zero attached hydrogens (tertiary/aromatic N) is 3. The fourth-order valence-electron chi connectivity index (χ4n) is 0.935. The summed E-state index contributed by atoms with van der Waals surface area (Å²) in [5, 5.41) is 24.7. The summed E-state index contributed by atoms with van der Waals surface area (Å²) in [5.74, 6) is -0.660. The molecule has 8 heteroatoms. The van der Waals surface area contributed by atoms with Gasteiger partial charge >= 0.3 is 5.82 Å². The molecule has 0 atom stereocenters. The number of carbonyl (C=O) groups is 1. The summed E-state index contributed by atoms with van der Waals surface area (Å²) in [5.41, 5.74) is 0. The smallest absolute Gasteiger partial charge is 0.389 e. The molecule has 1 heterocycles. The Morgan fingerprint density at radius 1 is 1.73 bits per heavy atom. The Kier molecular flexibility index (Phi) is 3.75. The van der Waals surface area contributed by atoms with Crippen molar-refractivity contribution in [1.29, 1.82) is 0 Å². The number of hydrogen-bond donors (Lipinski definition) is 2. The zero-order valence-electron chi connectivity index (χ0n) is 7.79. The van der Waals surface area contributed by atoms with Gasteiger partial charge in [0, 0.05) is 6.54 Å². The van der Waals surface area contributed by atoms with Crippen molar-refractivity contribution in [1.82, 2.24) is 15.1 Å². The van der Waals surface area contributed by atoms with Gasteiger partial charge in [0.05, 0.1) is 24.0 Å². The van der Waals surface area contributed by atoms with Crippen LogP contribution in [0.5, 0.6) is 0 Å². The first-order valence-electron chi connectivity index (χ1n) is 4.19. The average Bonchev–Trinajstić information content (AvgIpc) is 2.63. The summed E-state index contributed by atoms with van der Waals surface area (Å²) >= 11 is 0. The first-order chi connectivity index (χ1) is 7.13. The normalized spacial score (nSPS) is 9.93. The number of aliphatic hydroxyl groups is 1. The van der Waals surface area contributed by atoms with E-state index >= 15 is 0 Å². The number of rotatable bonds is 5. The maximum atomic E-state index is 11.1. The molecule has 82 valence electrons. The molecule has 15 heavy (non-hydrogen) atoms. The van der Waals surface area contributed by atoms with Gasteiger partial charge in [-0.3, -0.25) is 4.79 Å². The van der Waals surface area contributed by atoms with E-state index in [1.807, 2.05) is 0 Å². The van der Waals surface area contributed by atoms with Crippen molar-refractivity contribution >= 4 is 11.7 Å². The summed E-state index contributed by atoms with van der Waals surface area (Å²) < 4.78 is 1.16. The van der Waals surface area contributed by atoms with Crippen molar-refractivity contribution in [3.05, 3.63) is 22.4 Å². The minimum Gasteiger partial charge on any atom is -0.395 e. The van der Waals surface area contributed by atoms with Crippen molar-refractivity contribution in [3.8, 4) is 0 Å². The molecule has 0 saturated carbocycles. The number of aromatic nitrogens is 2. The molecule has 2 N–H and O–H groups in total. The van der Waals surface area contributed by atoms with Gasteiger partial charge in [0.25, 0.3) is 0 Å². The van der Waals surface area contributed by atoms with Crippen LogP contribution in [0.3, 0.4) is 0 Å². The number of aliphatic hydroxyl groups excluding tert-OH is 1. The van der Waals surface area contributed by atoms with E-state index < -0.39 is 4.92 Å². The van der Waals surface area contributed by atoms with Crippen LogP contribution in [0.25, 0.3) is 0 Å². The minimum atomic E-state index is -0.637. The molecule has 1 aromatic heterocycles. The Morgan fingerprint density at radius 2 is 2.47 bits per heavy atom. The maximum absolute atomic E-state index is 11.1. The minimum absolute atomic E-state index is 0.103. The van der Waals surface area contributed by atoms with Gasteiger partial charge in [-0.25, -0.2) is 0 Å². The third-order valence-electron chi connectivity index (χ3n) is 1.55. The van der Waals surface area contributed by atoms with Crippen molar-refractivity contribution in [2.75, 3.05) is 13.2 Å². The number of nitro groups is 1. The van der Waals surface area contributed by atoms with Crippen molar-refractivity contribution in [2.45, 2.75) is 6.54 Å². The van der Waals surface area contributed by atoms with Crippen molar-refractivity contribution in [3.63, 3.8) is 0 Å². The number of nitrogens with one attached hydrogen (secondary N) is 1. The van der Waals surface area contributed by atoms with Crippen LogP contribution >= 0.6 is 0 Å². The molecule has 0 fully saturated rings. The average molecular weight is 214 g/mol. The van der Waals surface area contributed by atoms with Gasteiger partial charge in [-0.1, -0.05) is 0 Å². The molecule has 1 aromatic rings. The van der Waals surface area contributed by atoms with Gasteiger partial charge in [0.1, 0.15) is 6.54 Å². The molecule has 0 radical (unpaired) electrons. The van der Waals surface area contributed by atoms with E-state index in [4.69, 9.17) is 5.11 Å². The standard InChI is InChI=1S/C7H10N4O4/c12-4-2-8-7(13)5-10-3-1-6(9-10)11(14)15/h1,3,12H,2,4-5H2,(H,8,13). The predicted octanol–water partition coefficient (Wildman–Crippen LogP) is -1.10. The third-order valence-corrected chi connectivity index (χ3v) is 1.55. The molecule has 0 spiro atoms. The van der Waals surface area contributed by atoms with E-state index in [-0.39, 0.29) is 31.4 Å². The van der Waals surface area contributed by atoms with Gasteiger partial charge in [0.2, 0.25) is 5.91 Å². The summed E-state index contributed by atoms with van der Waals surface area (Å²) in [6.45, 7) is -0.0962. The fraction of sp³-hybridized carbons (Fsp3) is 0.429. The van der Waals surface area contributed by atoms with E-state index in [1.54, 1.807) is 0 Å². The zero-order valence-corrected chi connectivity index (χ0v) is 7.79. The van der Waals surface area contributed by atoms with Gasteiger partial charge in [-0.15, -0.1) is 0 Å². The highest BCUT2D eigenvalue weighted by Crippen LogP contribution is 2.04. The molecule has 0 saturated heterocycles. The van der Waals surface area contributed by atoms with Crippen molar-refractivity contribution in [2.24, 2.45) is 0 Å². The Bertz CT molecular complexity index is 362. The lowest BCUT2D eigenvalue weighted by atomic mass is 10.5. The quantitative estimate of drug-likeness (QED) is 0.477. The van der Waals surface area contributed by atoms with Gasteiger partial charge < -0.3 is 20.5 Å². The number of carbonyl (C=O) groups excluding carboxylic acids is 1. The molecule has 1 rings (SSSR count). The van der Waals surface area contributed by atoms with Crippen LogP contribution < -0.4 is 5.32 Å². The molecular formula is C7H10N4O4. The first kappa shape index (κ1) is 11.1. The maximum Gasteiger partial charge on any atom is 0.389 e. The number of hydrogen-bond acceptors (Lipinski definition) is 5. The lowest BCUT2D eigenvalue weighted by Crippen LogP contribution is -2.30. The third kappa shape index (κ3) is 3.35. The Labute approximate surface area is 84.7 Å². The second-order valence-electron chi connectivity index (χ2n) is 2.70. The molecule has 0 bridgehead atoms. The Hall–Kier alpha value is -1.96. The van der Waals surface area contributed by atoms with Crippen LogP contribution in [0.1, 0.15) is 0 Å². The second kappa shape index (κ2) is 5.05. The molecule has 0 aliphatic rings. The summed E-state index contributed by atoms with van der Waals surface area (Å²) in [4.78, 5) is 20.7. The monoisotopic (exact) mass is 214 g/mol. The van der Waals surface area contributed by atoms with E-state index in [2.05, 4.69) is 10.4 Å². The topological polar surface area (TPSA) is 110 Å². The largest absolute Gasteiger partial charge is 0.395 e. The summed E-state index contributed by atoms with van der Waals surface area (Å²) in [6.07, 6.45) is 1.34. The van der Waals surface area contributed by atoms with Gasteiger partial charge in [0.15, 0.2) is 0 Å². The van der Waals surface area contributed by atoms with Crippen LogP contribution in [0.4, 0.5) is 5.82 Å². The van der Waals surface area contributed by atoms with Crippen LogP contribution in [-0.2, 0) is 11.3 Å². The zero-order chi connectivity index (χ0) is 11.3. The molecule has 1 amide bonds. The summed E-state index contributed by atoms with van der Waals surface area (Å²) in [7, 11) is 0. The molecule has 8 nitrogen and oxygen atoms in total. The lowest BCUT2D eigenvalue weighted by molar-refractivity contribution is -0.389. The predicted molar refractivity (Wildman–Crippen MR) is 49.0 cm³/mol. The van der Waals surface area contributed by atoms with Crippen LogP contribution in [-0.4, -0.2) is 38.9 Å². The SMILES string of the molecule is O=C(Cn1ccc([N+](=O)[O-])n1)NCCO. The van der Waals surface area contributed by atoms with Gasteiger partial charge in [-0.05, 0) is 4.92 Å². The van der Waals surface area contributed by atoms with E-state index in [0.717, 1.165) is 4.68 Å². The Balaban J connectivity index is 2.50. The fourth-order valence-corrected chi connectivity index (χ4v) is 0.935. The van der Waals surface area contributed by atoms with E-state index in [9.17, 15) is 14.9 Å². The molecule has 0 unspecified atom stereocenters.